The summed E-state index contributed by atoms with van der Waals surface area (Å²) in [4.78, 5) is 27.5. The van der Waals surface area contributed by atoms with Gasteiger partial charge in [-0.2, -0.15) is 0 Å². The highest BCUT2D eigenvalue weighted by atomic mass is 127. The molecule has 0 radical (unpaired) electrons. The van der Waals surface area contributed by atoms with E-state index in [-0.39, 0.29) is 11.7 Å². The first-order chi connectivity index (χ1) is 9.49. The van der Waals surface area contributed by atoms with Gasteiger partial charge in [-0.25, -0.2) is 5.84 Å². The minimum atomic E-state index is -0.344. The number of Topliss-reactive ketones (excluding diaryl/α,β-unsaturated/α-hetero) is 1. The van der Waals surface area contributed by atoms with E-state index < -0.39 is 0 Å². The molecule has 2 N–H and O–H groups in total. The van der Waals surface area contributed by atoms with Crippen molar-refractivity contribution in [2.75, 3.05) is 0 Å². The first-order valence-electron chi connectivity index (χ1n) is 5.48. The number of hydrazine groups is 1. The van der Waals surface area contributed by atoms with Gasteiger partial charge in [-0.15, -0.1) is 0 Å². The molecule has 1 aromatic rings. The molecule has 1 aliphatic rings. The first-order valence-corrected chi connectivity index (χ1v) is 7.64. The van der Waals surface area contributed by atoms with Gasteiger partial charge in [-0.1, -0.05) is 0 Å². The van der Waals surface area contributed by atoms with E-state index in [4.69, 9.17) is 5.84 Å². The lowest BCUT2D eigenvalue weighted by atomic mass is 10.1. The van der Waals surface area contributed by atoms with Gasteiger partial charge in [0.2, 0.25) is 5.78 Å². The maximum absolute atomic E-state index is 12.1. The zero-order valence-corrected chi connectivity index (χ0v) is 14.4. The van der Waals surface area contributed by atoms with Crippen LogP contribution in [0.1, 0.15) is 10.4 Å². The fourth-order valence-corrected chi connectivity index (χ4v) is 3.33. The average molecular weight is 493 g/mol. The van der Waals surface area contributed by atoms with Crippen LogP contribution in [-0.2, 0) is 4.79 Å². The first kappa shape index (κ1) is 15.3. The normalized spacial score (nSPS) is 14.6. The van der Waals surface area contributed by atoms with E-state index >= 15 is 0 Å². The summed E-state index contributed by atoms with van der Waals surface area (Å²) in [5.41, 5.74) is 1.15. The fourth-order valence-electron chi connectivity index (χ4n) is 1.52. The highest BCUT2D eigenvalue weighted by molar-refractivity contribution is 14.1. The molecule has 0 saturated carbocycles. The van der Waals surface area contributed by atoms with E-state index in [9.17, 15) is 9.59 Å². The second-order valence-electron chi connectivity index (χ2n) is 3.89. The molecule has 0 fully saturated rings. The van der Waals surface area contributed by atoms with Gasteiger partial charge in [0.25, 0.3) is 5.91 Å². The number of aromatic nitrogens is 1. The van der Waals surface area contributed by atoms with Gasteiger partial charge in [-0.3, -0.25) is 19.6 Å². The van der Waals surface area contributed by atoms with Gasteiger partial charge in [-0.05, 0) is 75.0 Å². The summed E-state index contributed by atoms with van der Waals surface area (Å²) in [7, 11) is 0. The van der Waals surface area contributed by atoms with Crippen molar-refractivity contribution in [2.24, 2.45) is 5.84 Å². The Balaban J connectivity index is 2.23. The number of allylic oxidation sites excluding steroid dienone is 5. The van der Waals surface area contributed by atoms with E-state index in [2.05, 4.69) is 4.98 Å². The molecule has 7 heteroatoms. The van der Waals surface area contributed by atoms with Crippen LogP contribution in [0.3, 0.4) is 0 Å². The van der Waals surface area contributed by atoms with E-state index in [0.29, 0.717) is 18.3 Å². The monoisotopic (exact) mass is 493 g/mol. The van der Waals surface area contributed by atoms with Crippen molar-refractivity contribution < 1.29 is 9.59 Å². The Hall–Kier alpha value is -1.07. The quantitative estimate of drug-likeness (QED) is 0.298. The molecule has 0 atom stereocenters. The largest absolute Gasteiger partial charge is 0.288 e. The molecular weight excluding hydrogens is 484 g/mol. The van der Waals surface area contributed by atoms with Crippen LogP contribution < -0.4 is 5.84 Å². The maximum atomic E-state index is 12.1. The highest BCUT2D eigenvalue weighted by Crippen LogP contribution is 2.27. The lowest BCUT2D eigenvalue weighted by Crippen LogP contribution is -2.32. The number of hydrogen-bond acceptors (Lipinski definition) is 4. The van der Waals surface area contributed by atoms with Crippen molar-refractivity contribution in [2.45, 2.75) is 0 Å². The Kier molecular flexibility index (Phi) is 5.05. The van der Waals surface area contributed by atoms with Crippen LogP contribution in [0.2, 0.25) is 0 Å². The van der Waals surface area contributed by atoms with Gasteiger partial charge in [0, 0.05) is 24.2 Å². The number of nitrogens with zero attached hydrogens (tertiary/aromatic N) is 2. The number of nitrogens with two attached hydrogens (primary N) is 1. The summed E-state index contributed by atoms with van der Waals surface area (Å²) in [5.74, 6) is 5.38. The van der Waals surface area contributed by atoms with Crippen molar-refractivity contribution in [1.29, 1.82) is 0 Å². The standard InChI is InChI=1S/C13H9I2N3O2/c14-10-5-8(6-11(15)12(10)19)7-18(16)13(20)9-1-3-17-4-2-9/h1-7H,16H2. The summed E-state index contributed by atoms with van der Waals surface area (Å²) >= 11 is 3.92. The molecule has 102 valence electrons. The Morgan fingerprint density at radius 1 is 1.20 bits per heavy atom. The lowest BCUT2D eigenvalue weighted by molar-refractivity contribution is -0.110. The average Bonchev–Trinajstić information content (AvgIpc) is 2.44. The van der Waals surface area contributed by atoms with Gasteiger partial charge in [0.05, 0.1) is 7.16 Å². The molecule has 1 amide bonds. The Morgan fingerprint density at radius 2 is 1.75 bits per heavy atom. The van der Waals surface area contributed by atoms with E-state index in [1.54, 1.807) is 24.3 Å². The SMILES string of the molecule is NN(C=C1C=C(I)C(=O)C(I)=C1)C(=O)c1ccncc1. The minimum absolute atomic E-state index is 0.0209. The molecule has 0 aromatic carbocycles. The van der Waals surface area contributed by atoms with Crippen molar-refractivity contribution >= 4 is 56.9 Å². The Bertz CT molecular complexity index is 627. The zero-order valence-electron chi connectivity index (χ0n) is 10.1. The topological polar surface area (TPSA) is 76.3 Å². The minimum Gasteiger partial charge on any atom is -0.288 e. The number of pyridine rings is 1. The maximum Gasteiger partial charge on any atom is 0.272 e. The van der Waals surface area contributed by atoms with E-state index in [0.717, 1.165) is 5.01 Å². The summed E-state index contributed by atoms with van der Waals surface area (Å²) in [6.07, 6.45) is 7.92. The molecule has 1 aliphatic carbocycles. The second-order valence-corrected chi connectivity index (χ2v) is 6.22. The van der Waals surface area contributed by atoms with Crippen molar-refractivity contribution in [3.05, 3.63) is 61.2 Å². The Labute approximate surface area is 142 Å². The van der Waals surface area contributed by atoms with Gasteiger partial charge < -0.3 is 0 Å². The van der Waals surface area contributed by atoms with Crippen LogP contribution in [-0.4, -0.2) is 21.7 Å². The summed E-state index contributed by atoms with van der Waals surface area (Å²) in [6.45, 7) is 0. The predicted octanol–water partition coefficient (Wildman–Crippen LogP) is 2.50. The Morgan fingerprint density at radius 3 is 2.30 bits per heavy atom. The molecule has 2 rings (SSSR count). The molecule has 20 heavy (non-hydrogen) atoms. The van der Waals surface area contributed by atoms with E-state index in [1.165, 1.54) is 18.6 Å². The summed E-state index contributed by atoms with van der Waals surface area (Å²) < 4.78 is 1.18. The van der Waals surface area contributed by atoms with E-state index in [1.807, 2.05) is 45.2 Å². The molecule has 0 bridgehead atoms. The van der Waals surface area contributed by atoms with Crippen molar-refractivity contribution in [1.82, 2.24) is 9.99 Å². The molecule has 0 saturated heterocycles. The molecule has 0 spiro atoms. The predicted molar refractivity (Wildman–Crippen MR) is 91.9 cm³/mol. The summed E-state index contributed by atoms with van der Waals surface area (Å²) in [5, 5.41) is 1.00. The molecule has 5 nitrogen and oxygen atoms in total. The molecular formula is C13H9I2N3O2. The fraction of sp³-hybridized carbons (Fsp3) is 0. The number of hydrogen-bond donors (Lipinski definition) is 1. The van der Waals surface area contributed by atoms with Crippen LogP contribution in [0.15, 0.2) is 55.6 Å². The van der Waals surface area contributed by atoms with Crippen LogP contribution in [0, 0.1) is 0 Å². The van der Waals surface area contributed by atoms with Gasteiger partial charge in [0.15, 0.2) is 0 Å². The smallest absolute Gasteiger partial charge is 0.272 e. The molecule has 1 aromatic heterocycles. The van der Waals surface area contributed by atoms with Crippen molar-refractivity contribution in [3.8, 4) is 0 Å². The molecule has 1 heterocycles. The summed E-state index contributed by atoms with van der Waals surface area (Å²) in [6, 6.07) is 3.18. The number of carbonyl (C=O) groups is 2. The zero-order chi connectivity index (χ0) is 14.7. The third kappa shape index (κ3) is 3.52. The number of rotatable bonds is 2. The van der Waals surface area contributed by atoms with Crippen LogP contribution in [0.25, 0.3) is 0 Å². The number of halogens is 2. The lowest BCUT2D eigenvalue weighted by Gasteiger charge is -2.14. The third-order valence-electron chi connectivity index (χ3n) is 2.47. The number of amides is 1. The van der Waals surface area contributed by atoms with Crippen LogP contribution >= 0.6 is 45.2 Å². The van der Waals surface area contributed by atoms with Crippen LogP contribution in [0.4, 0.5) is 0 Å². The van der Waals surface area contributed by atoms with Crippen LogP contribution in [0.5, 0.6) is 0 Å². The van der Waals surface area contributed by atoms with Gasteiger partial charge in [0.1, 0.15) is 0 Å². The highest BCUT2D eigenvalue weighted by Gasteiger charge is 2.17. The van der Waals surface area contributed by atoms with Crippen molar-refractivity contribution in [3.63, 3.8) is 0 Å². The van der Waals surface area contributed by atoms with Gasteiger partial charge >= 0.3 is 0 Å². The molecule has 0 aliphatic heterocycles. The second kappa shape index (κ2) is 6.59. The number of ketones is 1. The third-order valence-corrected chi connectivity index (χ3v) is 4.07. The molecule has 0 unspecified atom stereocenters. The number of carbonyl (C=O) groups excluding carboxylic acids is 2.